The van der Waals surface area contributed by atoms with Gasteiger partial charge in [0.2, 0.25) is 5.91 Å². The van der Waals surface area contributed by atoms with Crippen molar-refractivity contribution in [2.45, 2.75) is 18.5 Å². The first kappa shape index (κ1) is 22.2. The number of ether oxygens (including phenoxy) is 1. The number of hydrogen-bond donors (Lipinski definition) is 4. The molecule has 0 unspecified atom stereocenters. The molecule has 10 nitrogen and oxygen atoms in total. The number of anilines is 1. The number of nitrogens with one attached hydrogen (secondary N) is 2. The van der Waals surface area contributed by atoms with Crippen LogP contribution in [0.1, 0.15) is 6.42 Å². The number of para-hydroxylation sites is 2. The average Bonchev–Trinajstić information content (AvgIpc) is 3.38. The third-order valence-electron chi connectivity index (χ3n) is 5.50. The van der Waals surface area contributed by atoms with E-state index in [2.05, 4.69) is 10.6 Å². The summed E-state index contributed by atoms with van der Waals surface area (Å²) in [4.78, 5) is 39.0. The second-order valence-electron chi connectivity index (χ2n) is 7.81. The van der Waals surface area contributed by atoms with Crippen LogP contribution in [0.5, 0.6) is 5.75 Å². The molecule has 0 bridgehead atoms. The van der Waals surface area contributed by atoms with Gasteiger partial charge in [-0.25, -0.2) is 9.59 Å². The molecule has 1 aliphatic heterocycles. The van der Waals surface area contributed by atoms with Gasteiger partial charge in [-0.05, 0) is 24.6 Å². The van der Waals surface area contributed by atoms with E-state index < -0.39 is 18.1 Å². The summed E-state index contributed by atoms with van der Waals surface area (Å²) in [5.41, 5.74) is 12.5. The van der Waals surface area contributed by atoms with Crippen LogP contribution in [-0.4, -0.2) is 59.2 Å². The summed E-state index contributed by atoms with van der Waals surface area (Å²) in [7, 11) is 0. The monoisotopic (exact) mass is 450 g/mol. The Bertz CT molecular complexity index is 1160. The van der Waals surface area contributed by atoms with Crippen molar-refractivity contribution in [3.05, 3.63) is 60.8 Å². The Kier molecular flexibility index (Phi) is 6.45. The van der Waals surface area contributed by atoms with Gasteiger partial charge in [0, 0.05) is 24.2 Å². The molecule has 10 heteroatoms. The molecule has 33 heavy (non-hydrogen) atoms. The number of rotatable bonds is 6. The highest BCUT2D eigenvalue weighted by Gasteiger charge is 2.38. The summed E-state index contributed by atoms with van der Waals surface area (Å²) in [6.45, 7) is 0.827. The standard InChI is InChI=1S/C23H26N6O4/c24-15-12-20(21(30)26-10-11-33-16-6-2-1-3-7-16)29(13-15)23(32)27-18-14-28(22(25)31)19-9-5-4-8-17(18)19/h1-9,14-15,20H,10-13,24H2,(H2,25,31)(H,26,30)(H,27,32)/t15-,20-/m0/s1. The number of amides is 4. The van der Waals surface area contributed by atoms with E-state index in [1.807, 2.05) is 30.3 Å². The number of primary amides is 1. The summed E-state index contributed by atoms with van der Waals surface area (Å²) in [5, 5.41) is 6.26. The maximum absolute atomic E-state index is 13.0. The van der Waals surface area contributed by atoms with Gasteiger partial charge < -0.3 is 31.7 Å². The zero-order valence-electron chi connectivity index (χ0n) is 17.9. The zero-order valence-corrected chi connectivity index (χ0v) is 17.9. The lowest BCUT2D eigenvalue weighted by Gasteiger charge is -2.24. The van der Waals surface area contributed by atoms with Gasteiger partial charge in [-0.2, -0.15) is 0 Å². The average molecular weight is 450 g/mol. The van der Waals surface area contributed by atoms with Crippen LogP contribution in [0.3, 0.4) is 0 Å². The first-order valence-corrected chi connectivity index (χ1v) is 10.6. The zero-order chi connectivity index (χ0) is 23.4. The molecule has 2 aromatic carbocycles. The highest BCUT2D eigenvalue weighted by Crippen LogP contribution is 2.27. The molecule has 0 saturated carbocycles. The Hall–Kier alpha value is -4.05. The number of hydrogen-bond acceptors (Lipinski definition) is 5. The topological polar surface area (TPSA) is 145 Å². The summed E-state index contributed by atoms with van der Waals surface area (Å²) in [6.07, 6.45) is 1.82. The van der Waals surface area contributed by atoms with Crippen LogP contribution < -0.4 is 26.8 Å². The summed E-state index contributed by atoms with van der Waals surface area (Å²) < 4.78 is 6.85. The smallest absolute Gasteiger partial charge is 0.323 e. The van der Waals surface area contributed by atoms with Gasteiger partial charge >= 0.3 is 12.1 Å². The van der Waals surface area contributed by atoms with Crippen molar-refractivity contribution < 1.29 is 19.1 Å². The van der Waals surface area contributed by atoms with Gasteiger partial charge in [-0.3, -0.25) is 9.36 Å². The minimum absolute atomic E-state index is 0.235. The van der Waals surface area contributed by atoms with E-state index in [0.717, 1.165) is 0 Å². The van der Waals surface area contributed by atoms with Crippen molar-refractivity contribution in [2.24, 2.45) is 11.5 Å². The van der Waals surface area contributed by atoms with Crippen LogP contribution in [0, 0.1) is 0 Å². The molecule has 2 atom stereocenters. The number of aromatic nitrogens is 1. The highest BCUT2D eigenvalue weighted by molar-refractivity contribution is 6.05. The highest BCUT2D eigenvalue weighted by atomic mass is 16.5. The molecular formula is C23H26N6O4. The Balaban J connectivity index is 1.40. The Morgan fingerprint density at radius 3 is 2.55 bits per heavy atom. The predicted molar refractivity (Wildman–Crippen MR) is 124 cm³/mol. The molecule has 3 aromatic rings. The van der Waals surface area contributed by atoms with Gasteiger partial charge in [-0.1, -0.05) is 36.4 Å². The second-order valence-corrected chi connectivity index (χ2v) is 7.81. The van der Waals surface area contributed by atoms with E-state index in [1.165, 1.54) is 15.7 Å². The number of carbonyl (C=O) groups excluding carboxylic acids is 3. The Morgan fingerprint density at radius 1 is 1.06 bits per heavy atom. The van der Waals surface area contributed by atoms with Crippen LogP contribution in [0.15, 0.2) is 60.8 Å². The fourth-order valence-electron chi connectivity index (χ4n) is 3.97. The van der Waals surface area contributed by atoms with Gasteiger partial charge in [0.1, 0.15) is 18.4 Å². The number of fused-ring (bicyclic) bond motifs is 1. The second kappa shape index (κ2) is 9.61. The fourth-order valence-corrected chi connectivity index (χ4v) is 3.97. The maximum Gasteiger partial charge on any atom is 0.323 e. The van der Waals surface area contributed by atoms with Gasteiger partial charge in [-0.15, -0.1) is 0 Å². The molecule has 0 aliphatic carbocycles. The van der Waals surface area contributed by atoms with Crippen LogP contribution in [0.25, 0.3) is 10.9 Å². The van der Waals surface area contributed by atoms with Crippen LogP contribution in [0.2, 0.25) is 0 Å². The maximum atomic E-state index is 13.0. The van der Waals surface area contributed by atoms with E-state index in [4.69, 9.17) is 16.2 Å². The lowest BCUT2D eigenvalue weighted by Crippen LogP contribution is -2.48. The molecule has 0 spiro atoms. The van der Waals surface area contributed by atoms with Crippen molar-refractivity contribution in [1.29, 1.82) is 0 Å². The van der Waals surface area contributed by atoms with Gasteiger partial charge in [0.25, 0.3) is 0 Å². The van der Waals surface area contributed by atoms with Gasteiger partial charge in [0.05, 0.1) is 17.7 Å². The predicted octanol–water partition coefficient (Wildman–Crippen LogP) is 1.70. The van der Waals surface area contributed by atoms with Crippen LogP contribution in [-0.2, 0) is 4.79 Å². The first-order chi connectivity index (χ1) is 15.9. The van der Waals surface area contributed by atoms with Crippen LogP contribution >= 0.6 is 0 Å². The Morgan fingerprint density at radius 2 is 1.79 bits per heavy atom. The molecule has 4 amide bonds. The quantitative estimate of drug-likeness (QED) is 0.423. The molecule has 4 rings (SSSR count). The molecule has 1 saturated heterocycles. The van der Waals surface area contributed by atoms with E-state index >= 15 is 0 Å². The van der Waals surface area contributed by atoms with E-state index in [9.17, 15) is 14.4 Å². The Labute approximate surface area is 190 Å². The van der Waals surface area contributed by atoms with E-state index in [-0.39, 0.29) is 18.5 Å². The van der Waals surface area contributed by atoms with E-state index in [1.54, 1.807) is 24.3 Å². The molecule has 1 aliphatic rings. The minimum Gasteiger partial charge on any atom is -0.492 e. The summed E-state index contributed by atoms with van der Waals surface area (Å²) >= 11 is 0. The van der Waals surface area contributed by atoms with Crippen LogP contribution in [0.4, 0.5) is 15.3 Å². The van der Waals surface area contributed by atoms with Crippen molar-refractivity contribution in [1.82, 2.24) is 14.8 Å². The summed E-state index contributed by atoms with van der Waals surface area (Å²) in [6, 6.07) is 14.2. The number of nitrogens with two attached hydrogens (primary N) is 2. The van der Waals surface area contributed by atoms with Crippen molar-refractivity contribution in [3.63, 3.8) is 0 Å². The lowest BCUT2D eigenvalue weighted by atomic mass is 10.1. The molecular weight excluding hydrogens is 424 g/mol. The normalized spacial score (nSPS) is 17.7. The number of benzene rings is 2. The molecule has 2 heterocycles. The number of likely N-dealkylation sites (tertiary alicyclic amines) is 1. The molecule has 1 aromatic heterocycles. The van der Waals surface area contributed by atoms with Crippen molar-refractivity contribution in [3.8, 4) is 5.75 Å². The first-order valence-electron chi connectivity index (χ1n) is 10.6. The van der Waals surface area contributed by atoms with Gasteiger partial charge in [0.15, 0.2) is 0 Å². The minimum atomic E-state index is -0.707. The van der Waals surface area contributed by atoms with Crippen molar-refractivity contribution >= 4 is 34.6 Å². The van der Waals surface area contributed by atoms with Crippen molar-refractivity contribution in [2.75, 3.05) is 25.0 Å². The fraction of sp³-hybridized carbons (Fsp3) is 0.261. The number of nitrogens with zero attached hydrogens (tertiary/aromatic N) is 2. The lowest BCUT2D eigenvalue weighted by molar-refractivity contribution is -0.124. The SMILES string of the molecule is NC(=O)n1cc(NC(=O)N2C[C@@H](N)C[C@H]2C(=O)NCCOc2ccccc2)c2ccccc21. The molecule has 1 fully saturated rings. The van der Waals surface area contributed by atoms with E-state index in [0.29, 0.717) is 41.9 Å². The molecule has 172 valence electrons. The third-order valence-corrected chi connectivity index (χ3v) is 5.50. The molecule has 6 N–H and O–H groups in total. The summed E-state index contributed by atoms with van der Waals surface area (Å²) in [5.74, 6) is 0.417. The third kappa shape index (κ3) is 4.90. The molecule has 0 radical (unpaired) electrons. The largest absolute Gasteiger partial charge is 0.492 e. The number of carbonyl (C=O) groups is 3. The number of urea groups is 1.